The normalized spacial score (nSPS) is 29.4. The van der Waals surface area contributed by atoms with Gasteiger partial charge in [0.1, 0.15) is 5.75 Å². The zero-order valence-electron chi connectivity index (χ0n) is 9.41. The lowest BCUT2D eigenvalue weighted by atomic mass is 10.1. The van der Waals surface area contributed by atoms with Gasteiger partial charge < -0.3 is 10.1 Å². The predicted octanol–water partition coefficient (Wildman–Crippen LogP) is 2.94. The van der Waals surface area contributed by atoms with Gasteiger partial charge in [0, 0.05) is 0 Å². The number of rotatable bonds is 2. The zero-order chi connectivity index (χ0) is 12.0. The Morgan fingerprint density at radius 2 is 1.83 bits per heavy atom. The molecular weight excluding hydrogens is 267 g/mol. The van der Waals surface area contributed by atoms with Crippen LogP contribution in [-0.2, 0) is 0 Å². The lowest BCUT2D eigenvalue weighted by Gasteiger charge is -2.10. The van der Waals surface area contributed by atoms with Crippen molar-refractivity contribution in [3.05, 3.63) is 29.8 Å². The third-order valence-corrected chi connectivity index (χ3v) is 3.57. The number of piperidine rings is 1. The second kappa shape index (κ2) is 4.63. The van der Waals surface area contributed by atoms with Crippen LogP contribution in [0.25, 0.3) is 0 Å². The van der Waals surface area contributed by atoms with Gasteiger partial charge in [-0.2, -0.15) is 0 Å². The molecule has 1 aliphatic heterocycles. The third kappa shape index (κ3) is 2.57. The van der Waals surface area contributed by atoms with Crippen LogP contribution < -0.4 is 10.1 Å². The fourth-order valence-corrected chi connectivity index (χ4v) is 2.83. The predicted molar refractivity (Wildman–Crippen MR) is 63.0 cm³/mol. The molecule has 2 nitrogen and oxygen atoms in total. The van der Waals surface area contributed by atoms with Crippen LogP contribution >= 0.6 is 12.4 Å². The van der Waals surface area contributed by atoms with E-state index >= 15 is 0 Å². The van der Waals surface area contributed by atoms with Gasteiger partial charge in [0.25, 0.3) is 0 Å². The molecule has 1 heterocycles. The molecule has 18 heavy (non-hydrogen) atoms. The monoisotopic (exact) mass is 279 g/mol. The van der Waals surface area contributed by atoms with Crippen LogP contribution in [0.5, 0.6) is 5.75 Å². The summed E-state index contributed by atoms with van der Waals surface area (Å²) in [5.74, 6) is 1.48. The Labute approximate surface area is 109 Å². The molecule has 1 aromatic rings. The molecule has 2 aliphatic rings. The van der Waals surface area contributed by atoms with Crippen molar-refractivity contribution in [3.63, 3.8) is 0 Å². The summed E-state index contributed by atoms with van der Waals surface area (Å²) >= 11 is 0. The summed E-state index contributed by atoms with van der Waals surface area (Å²) in [5, 5.41) is 3.26. The first-order chi connectivity index (χ1) is 8.04. The summed E-state index contributed by atoms with van der Waals surface area (Å²) in [6.45, 7) is 1.94. The van der Waals surface area contributed by atoms with Crippen molar-refractivity contribution in [3.8, 4) is 5.75 Å². The highest BCUT2D eigenvalue weighted by molar-refractivity contribution is 5.85. The maximum atomic E-state index is 12.1. The summed E-state index contributed by atoms with van der Waals surface area (Å²) in [4.78, 5) is 0. The van der Waals surface area contributed by atoms with Gasteiger partial charge in [-0.15, -0.1) is 25.6 Å². The van der Waals surface area contributed by atoms with E-state index in [1.54, 1.807) is 6.07 Å². The van der Waals surface area contributed by atoms with Crippen LogP contribution in [0, 0.1) is 11.8 Å². The molecule has 2 fully saturated rings. The summed E-state index contributed by atoms with van der Waals surface area (Å²) < 4.78 is 40.2. The Morgan fingerprint density at radius 3 is 2.44 bits per heavy atom. The first-order valence-corrected chi connectivity index (χ1v) is 5.61. The molecule has 100 valence electrons. The second-order valence-corrected chi connectivity index (χ2v) is 4.63. The molecular formula is C12H13ClF3NO. The van der Waals surface area contributed by atoms with Crippen LogP contribution in [0.3, 0.4) is 0 Å². The molecule has 6 heteroatoms. The molecule has 0 amide bonds. The standard InChI is InChI=1S/C12H12F3NO.ClH/c13-12(14,15)17-8-3-1-2-7(4-8)11-9-5-16-6-10(9)11;/h1-4,9-11,16H,5-6H2;1H. The molecule has 2 atom stereocenters. The maximum Gasteiger partial charge on any atom is 0.573 e. The van der Waals surface area contributed by atoms with E-state index in [0.717, 1.165) is 18.7 Å². The molecule has 1 aliphatic carbocycles. The van der Waals surface area contributed by atoms with Crippen molar-refractivity contribution in [2.75, 3.05) is 13.1 Å². The van der Waals surface area contributed by atoms with Crippen molar-refractivity contribution >= 4 is 12.4 Å². The highest BCUT2D eigenvalue weighted by atomic mass is 35.5. The number of ether oxygens (including phenoxy) is 1. The van der Waals surface area contributed by atoms with Crippen molar-refractivity contribution in [1.29, 1.82) is 0 Å². The van der Waals surface area contributed by atoms with E-state index in [1.165, 1.54) is 12.1 Å². The molecule has 1 aromatic carbocycles. The molecule has 0 radical (unpaired) electrons. The van der Waals surface area contributed by atoms with Gasteiger partial charge in [-0.05, 0) is 48.5 Å². The van der Waals surface area contributed by atoms with E-state index in [-0.39, 0.29) is 18.2 Å². The van der Waals surface area contributed by atoms with Crippen molar-refractivity contribution in [2.45, 2.75) is 12.3 Å². The van der Waals surface area contributed by atoms with E-state index in [4.69, 9.17) is 0 Å². The first-order valence-electron chi connectivity index (χ1n) is 5.61. The van der Waals surface area contributed by atoms with Crippen LogP contribution in [0.1, 0.15) is 11.5 Å². The van der Waals surface area contributed by atoms with Gasteiger partial charge in [-0.25, -0.2) is 0 Å². The first kappa shape index (κ1) is 13.5. The fourth-order valence-electron chi connectivity index (χ4n) is 2.83. The Morgan fingerprint density at radius 1 is 1.17 bits per heavy atom. The Kier molecular flexibility index (Phi) is 3.47. The van der Waals surface area contributed by atoms with E-state index in [1.807, 2.05) is 6.07 Å². The molecule has 1 N–H and O–H groups in total. The van der Waals surface area contributed by atoms with E-state index in [9.17, 15) is 13.2 Å². The van der Waals surface area contributed by atoms with Gasteiger partial charge in [-0.1, -0.05) is 12.1 Å². The number of alkyl halides is 3. The van der Waals surface area contributed by atoms with Crippen LogP contribution in [0.2, 0.25) is 0 Å². The molecule has 1 saturated heterocycles. The largest absolute Gasteiger partial charge is 0.573 e. The smallest absolute Gasteiger partial charge is 0.406 e. The molecule has 1 saturated carbocycles. The molecule has 0 aromatic heterocycles. The van der Waals surface area contributed by atoms with Crippen LogP contribution in [-0.4, -0.2) is 19.5 Å². The van der Waals surface area contributed by atoms with Crippen molar-refractivity contribution in [1.82, 2.24) is 5.32 Å². The molecule has 2 unspecified atom stereocenters. The number of benzene rings is 1. The van der Waals surface area contributed by atoms with Gasteiger partial charge in [0.2, 0.25) is 0 Å². The minimum absolute atomic E-state index is 0. The van der Waals surface area contributed by atoms with Gasteiger partial charge in [0.15, 0.2) is 0 Å². The lowest BCUT2D eigenvalue weighted by Crippen LogP contribution is -2.17. The Bertz CT molecular complexity index is 428. The Balaban J connectivity index is 0.00000120. The topological polar surface area (TPSA) is 21.3 Å². The average Bonchev–Trinajstić information content (AvgIpc) is 2.70. The number of fused-ring (bicyclic) bond motifs is 1. The van der Waals surface area contributed by atoms with Crippen LogP contribution in [0.15, 0.2) is 24.3 Å². The highest BCUT2D eigenvalue weighted by Crippen LogP contribution is 2.56. The van der Waals surface area contributed by atoms with E-state index in [2.05, 4.69) is 10.1 Å². The lowest BCUT2D eigenvalue weighted by molar-refractivity contribution is -0.274. The van der Waals surface area contributed by atoms with E-state index < -0.39 is 6.36 Å². The summed E-state index contributed by atoms with van der Waals surface area (Å²) in [6.07, 6.45) is -4.61. The van der Waals surface area contributed by atoms with E-state index in [0.29, 0.717) is 17.8 Å². The van der Waals surface area contributed by atoms with Gasteiger partial charge in [-0.3, -0.25) is 0 Å². The van der Waals surface area contributed by atoms with Crippen LogP contribution in [0.4, 0.5) is 13.2 Å². The number of halogens is 4. The minimum atomic E-state index is -4.61. The Hall–Kier alpha value is -0.940. The molecule has 3 rings (SSSR count). The molecule has 0 bridgehead atoms. The number of nitrogens with one attached hydrogen (secondary N) is 1. The average molecular weight is 280 g/mol. The summed E-state index contributed by atoms with van der Waals surface area (Å²) in [6, 6.07) is 6.36. The van der Waals surface area contributed by atoms with Gasteiger partial charge in [0.05, 0.1) is 0 Å². The zero-order valence-corrected chi connectivity index (χ0v) is 10.2. The maximum absolute atomic E-state index is 12.1. The van der Waals surface area contributed by atoms with Crippen molar-refractivity contribution < 1.29 is 17.9 Å². The second-order valence-electron chi connectivity index (χ2n) is 4.63. The number of hydrogen-bond acceptors (Lipinski definition) is 2. The summed E-state index contributed by atoms with van der Waals surface area (Å²) in [7, 11) is 0. The quantitative estimate of drug-likeness (QED) is 0.899. The third-order valence-electron chi connectivity index (χ3n) is 3.57. The SMILES string of the molecule is Cl.FC(F)(F)Oc1cccc(C2C3CNCC32)c1. The molecule has 0 spiro atoms. The highest BCUT2D eigenvalue weighted by Gasteiger charge is 2.53. The minimum Gasteiger partial charge on any atom is -0.406 e. The number of hydrogen-bond donors (Lipinski definition) is 1. The fraction of sp³-hybridized carbons (Fsp3) is 0.500. The summed E-state index contributed by atoms with van der Waals surface area (Å²) in [5.41, 5.74) is 0.961. The van der Waals surface area contributed by atoms with Crippen molar-refractivity contribution in [2.24, 2.45) is 11.8 Å². The van der Waals surface area contributed by atoms with Gasteiger partial charge >= 0.3 is 6.36 Å².